The molecule has 0 saturated carbocycles. The summed E-state index contributed by atoms with van der Waals surface area (Å²) in [5.74, 6) is 0. The van der Waals surface area contributed by atoms with Crippen molar-refractivity contribution in [1.82, 2.24) is 10.3 Å². The molecular weight excluding hydrogens is 220 g/mol. The van der Waals surface area contributed by atoms with E-state index in [9.17, 15) is 0 Å². The van der Waals surface area contributed by atoms with Crippen molar-refractivity contribution in [3.05, 3.63) is 53.9 Å². The number of hydrogen-bond acceptors (Lipinski definition) is 2. The third kappa shape index (κ3) is 3.17. The number of aryl methyl sites for hydroxylation is 1. The van der Waals surface area contributed by atoms with E-state index in [4.69, 9.17) is 0 Å². The molecule has 0 aliphatic carbocycles. The zero-order valence-corrected chi connectivity index (χ0v) is 11.3. The molecule has 0 spiro atoms. The number of pyridine rings is 1. The number of nitrogens with one attached hydrogen (secondary N) is 1. The maximum atomic E-state index is 4.17. The van der Waals surface area contributed by atoms with Crippen molar-refractivity contribution in [1.29, 1.82) is 0 Å². The fourth-order valence-corrected chi connectivity index (χ4v) is 2.00. The normalized spacial score (nSPS) is 10.9. The summed E-state index contributed by atoms with van der Waals surface area (Å²) >= 11 is 0. The van der Waals surface area contributed by atoms with Crippen LogP contribution in [-0.2, 0) is 6.54 Å². The van der Waals surface area contributed by atoms with Crippen molar-refractivity contribution in [3.8, 4) is 11.1 Å². The summed E-state index contributed by atoms with van der Waals surface area (Å²) in [5, 5.41) is 3.44. The molecule has 2 heteroatoms. The van der Waals surface area contributed by atoms with Crippen molar-refractivity contribution in [2.75, 3.05) is 0 Å². The second-order valence-electron chi connectivity index (χ2n) is 4.93. The van der Waals surface area contributed by atoms with E-state index in [0.717, 1.165) is 6.54 Å². The first-order chi connectivity index (χ1) is 8.66. The van der Waals surface area contributed by atoms with Crippen LogP contribution in [0.15, 0.2) is 42.7 Å². The highest BCUT2D eigenvalue weighted by atomic mass is 14.9. The fourth-order valence-electron chi connectivity index (χ4n) is 2.00. The van der Waals surface area contributed by atoms with Gasteiger partial charge in [-0.1, -0.05) is 38.1 Å². The predicted molar refractivity (Wildman–Crippen MR) is 76.4 cm³/mol. The molecule has 0 atom stereocenters. The molecule has 0 fully saturated rings. The highest BCUT2D eigenvalue weighted by Gasteiger charge is 2.03. The van der Waals surface area contributed by atoms with E-state index in [1.165, 1.54) is 22.3 Å². The Balaban J connectivity index is 2.20. The molecule has 1 aromatic heterocycles. The third-order valence-electron chi connectivity index (χ3n) is 2.98. The van der Waals surface area contributed by atoms with E-state index < -0.39 is 0 Å². The molecule has 0 bridgehead atoms. The summed E-state index contributed by atoms with van der Waals surface area (Å²) in [5.41, 5.74) is 5.06. The minimum Gasteiger partial charge on any atom is -0.310 e. The van der Waals surface area contributed by atoms with Gasteiger partial charge in [-0.25, -0.2) is 0 Å². The quantitative estimate of drug-likeness (QED) is 0.884. The third-order valence-corrected chi connectivity index (χ3v) is 2.98. The van der Waals surface area contributed by atoms with Crippen LogP contribution >= 0.6 is 0 Å². The Hall–Kier alpha value is -1.67. The van der Waals surface area contributed by atoms with Gasteiger partial charge in [0.2, 0.25) is 0 Å². The minimum atomic E-state index is 0.517. The van der Waals surface area contributed by atoms with Crippen LogP contribution in [-0.4, -0.2) is 11.0 Å². The van der Waals surface area contributed by atoms with E-state index in [0.29, 0.717) is 6.04 Å². The standard InChI is InChI=1S/C16H20N2/c1-12(2)18-10-14-6-7-16(13(3)9-14)15-5-4-8-17-11-15/h4-9,11-12,18H,10H2,1-3H3. The molecule has 2 nitrogen and oxygen atoms in total. The van der Waals surface area contributed by atoms with Crippen LogP contribution in [0.3, 0.4) is 0 Å². The topological polar surface area (TPSA) is 24.9 Å². The molecule has 1 heterocycles. The molecule has 0 unspecified atom stereocenters. The second kappa shape index (κ2) is 5.78. The fraction of sp³-hybridized carbons (Fsp3) is 0.312. The smallest absolute Gasteiger partial charge is 0.0346 e. The summed E-state index contributed by atoms with van der Waals surface area (Å²) < 4.78 is 0. The van der Waals surface area contributed by atoms with Crippen molar-refractivity contribution < 1.29 is 0 Å². The highest BCUT2D eigenvalue weighted by Crippen LogP contribution is 2.23. The summed E-state index contributed by atoms with van der Waals surface area (Å²) in [6.45, 7) is 7.40. The first kappa shape index (κ1) is 12.8. The van der Waals surface area contributed by atoms with Gasteiger partial charge >= 0.3 is 0 Å². The number of aromatic nitrogens is 1. The SMILES string of the molecule is Cc1cc(CNC(C)C)ccc1-c1cccnc1. The molecule has 0 aliphatic heterocycles. The Labute approximate surface area is 109 Å². The first-order valence-electron chi connectivity index (χ1n) is 6.40. The predicted octanol–water partition coefficient (Wildman–Crippen LogP) is 3.56. The number of benzene rings is 1. The molecule has 0 saturated heterocycles. The Morgan fingerprint density at radius 3 is 2.67 bits per heavy atom. The number of hydrogen-bond donors (Lipinski definition) is 1. The van der Waals surface area contributed by atoms with Crippen LogP contribution in [0.25, 0.3) is 11.1 Å². The van der Waals surface area contributed by atoms with Gasteiger partial charge in [0.1, 0.15) is 0 Å². The number of rotatable bonds is 4. The van der Waals surface area contributed by atoms with Gasteiger partial charge in [-0.05, 0) is 29.7 Å². The lowest BCUT2D eigenvalue weighted by Gasteiger charge is -2.11. The van der Waals surface area contributed by atoms with Crippen LogP contribution in [0, 0.1) is 6.92 Å². The summed E-state index contributed by atoms with van der Waals surface area (Å²) in [7, 11) is 0. The Morgan fingerprint density at radius 2 is 2.06 bits per heavy atom. The summed E-state index contributed by atoms with van der Waals surface area (Å²) in [6, 6.07) is 11.2. The van der Waals surface area contributed by atoms with Gasteiger partial charge < -0.3 is 5.32 Å². The van der Waals surface area contributed by atoms with E-state index in [1.54, 1.807) is 6.20 Å². The van der Waals surface area contributed by atoms with E-state index in [-0.39, 0.29) is 0 Å². The lowest BCUT2D eigenvalue weighted by Crippen LogP contribution is -2.21. The zero-order valence-electron chi connectivity index (χ0n) is 11.3. The van der Waals surface area contributed by atoms with Gasteiger partial charge in [0.05, 0.1) is 0 Å². The van der Waals surface area contributed by atoms with Crippen LogP contribution in [0.4, 0.5) is 0 Å². The maximum absolute atomic E-state index is 4.17. The monoisotopic (exact) mass is 240 g/mol. The summed E-state index contributed by atoms with van der Waals surface area (Å²) in [6.07, 6.45) is 3.72. The van der Waals surface area contributed by atoms with Crippen LogP contribution in [0.5, 0.6) is 0 Å². The van der Waals surface area contributed by atoms with Crippen LogP contribution in [0.2, 0.25) is 0 Å². The Morgan fingerprint density at radius 1 is 1.22 bits per heavy atom. The minimum absolute atomic E-state index is 0.517. The first-order valence-corrected chi connectivity index (χ1v) is 6.40. The van der Waals surface area contributed by atoms with Gasteiger partial charge in [-0.15, -0.1) is 0 Å². The molecule has 94 valence electrons. The largest absolute Gasteiger partial charge is 0.310 e. The lowest BCUT2D eigenvalue weighted by atomic mass is 10.00. The molecule has 2 rings (SSSR count). The Bertz CT molecular complexity index is 504. The van der Waals surface area contributed by atoms with Gasteiger partial charge in [0, 0.05) is 30.5 Å². The van der Waals surface area contributed by atoms with Gasteiger partial charge in [-0.3, -0.25) is 4.98 Å². The molecule has 1 aromatic carbocycles. The van der Waals surface area contributed by atoms with Crippen molar-refractivity contribution in [3.63, 3.8) is 0 Å². The Kier molecular flexibility index (Phi) is 4.11. The lowest BCUT2D eigenvalue weighted by molar-refractivity contribution is 0.589. The van der Waals surface area contributed by atoms with Crippen molar-refractivity contribution in [2.24, 2.45) is 0 Å². The maximum Gasteiger partial charge on any atom is 0.0346 e. The van der Waals surface area contributed by atoms with Crippen LogP contribution < -0.4 is 5.32 Å². The molecule has 0 amide bonds. The van der Waals surface area contributed by atoms with E-state index >= 15 is 0 Å². The average molecular weight is 240 g/mol. The molecule has 0 aliphatic rings. The molecule has 18 heavy (non-hydrogen) atoms. The van der Waals surface area contributed by atoms with Gasteiger partial charge in [-0.2, -0.15) is 0 Å². The zero-order chi connectivity index (χ0) is 13.0. The van der Waals surface area contributed by atoms with Crippen molar-refractivity contribution >= 4 is 0 Å². The van der Waals surface area contributed by atoms with E-state index in [2.05, 4.69) is 55.3 Å². The molecule has 0 radical (unpaired) electrons. The summed E-state index contributed by atoms with van der Waals surface area (Å²) in [4.78, 5) is 4.17. The van der Waals surface area contributed by atoms with Crippen molar-refractivity contribution in [2.45, 2.75) is 33.4 Å². The molecule has 2 aromatic rings. The van der Waals surface area contributed by atoms with Gasteiger partial charge in [0.15, 0.2) is 0 Å². The van der Waals surface area contributed by atoms with E-state index in [1.807, 2.05) is 12.3 Å². The highest BCUT2D eigenvalue weighted by molar-refractivity contribution is 5.66. The molecule has 1 N–H and O–H groups in total. The van der Waals surface area contributed by atoms with Crippen LogP contribution in [0.1, 0.15) is 25.0 Å². The molecular formula is C16H20N2. The number of nitrogens with zero attached hydrogens (tertiary/aromatic N) is 1. The van der Waals surface area contributed by atoms with Gasteiger partial charge in [0.25, 0.3) is 0 Å². The second-order valence-corrected chi connectivity index (χ2v) is 4.93. The average Bonchev–Trinajstić information content (AvgIpc) is 2.37.